The number of anilines is 1. The van der Waals surface area contributed by atoms with Gasteiger partial charge in [0.25, 0.3) is 0 Å². The number of nitrogens with one attached hydrogen (secondary N) is 1. The van der Waals surface area contributed by atoms with Crippen LogP contribution < -0.4 is 5.32 Å². The van der Waals surface area contributed by atoms with Crippen molar-refractivity contribution < 1.29 is 0 Å². The topological polar surface area (TPSA) is 33.1 Å². The highest BCUT2D eigenvalue weighted by Gasteiger charge is 2.12. The van der Waals surface area contributed by atoms with E-state index in [0.29, 0.717) is 5.11 Å². The second-order valence-electron chi connectivity index (χ2n) is 6.90. The van der Waals surface area contributed by atoms with Gasteiger partial charge < -0.3 is 14.8 Å². The van der Waals surface area contributed by atoms with Crippen LogP contribution in [0, 0.1) is 13.8 Å². The molecule has 0 aliphatic rings. The maximum Gasteiger partial charge on any atom is 0.173 e. The van der Waals surface area contributed by atoms with Crippen LogP contribution in [-0.4, -0.2) is 26.1 Å². The van der Waals surface area contributed by atoms with E-state index >= 15 is 0 Å². The maximum atomic E-state index is 6.26. The van der Waals surface area contributed by atoms with Gasteiger partial charge in [0.15, 0.2) is 5.11 Å². The maximum absolute atomic E-state index is 6.26. The first-order valence-corrected chi connectivity index (χ1v) is 10.1. The first-order chi connectivity index (χ1) is 13.5. The number of imidazole rings is 1. The fourth-order valence-electron chi connectivity index (χ4n) is 2.98. The fourth-order valence-corrected chi connectivity index (χ4v) is 3.44. The van der Waals surface area contributed by atoms with Gasteiger partial charge in [-0.1, -0.05) is 41.9 Å². The van der Waals surface area contributed by atoms with E-state index in [1.165, 1.54) is 11.1 Å². The van der Waals surface area contributed by atoms with Crippen molar-refractivity contribution in [3.63, 3.8) is 0 Å². The molecular formula is C22H25ClN4S. The van der Waals surface area contributed by atoms with Crippen LogP contribution in [0.25, 0.3) is 0 Å². The minimum atomic E-state index is 0.703. The van der Waals surface area contributed by atoms with Crippen molar-refractivity contribution in [2.24, 2.45) is 0 Å². The van der Waals surface area contributed by atoms with Gasteiger partial charge in [-0.05, 0) is 61.3 Å². The van der Waals surface area contributed by atoms with E-state index in [9.17, 15) is 0 Å². The summed E-state index contributed by atoms with van der Waals surface area (Å²) in [7, 11) is 0. The largest absolute Gasteiger partial charge is 0.345 e. The Balaban J connectivity index is 1.70. The van der Waals surface area contributed by atoms with Gasteiger partial charge in [0.2, 0.25) is 0 Å². The summed E-state index contributed by atoms with van der Waals surface area (Å²) in [5.74, 6) is 0. The first kappa shape index (κ1) is 20.4. The summed E-state index contributed by atoms with van der Waals surface area (Å²) in [6, 6.07) is 14.3. The van der Waals surface area contributed by atoms with Gasteiger partial charge in [-0.3, -0.25) is 0 Å². The number of benzene rings is 2. The highest BCUT2D eigenvalue weighted by atomic mass is 35.5. The molecule has 1 N–H and O–H groups in total. The van der Waals surface area contributed by atoms with Gasteiger partial charge in [0, 0.05) is 42.7 Å². The number of halogens is 1. The third-order valence-electron chi connectivity index (χ3n) is 4.74. The lowest BCUT2D eigenvalue weighted by Gasteiger charge is -2.27. The normalized spacial score (nSPS) is 10.7. The molecule has 0 spiro atoms. The molecule has 28 heavy (non-hydrogen) atoms. The summed E-state index contributed by atoms with van der Waals surface area (Å²) in [6.07, 6.45) is 6.60. The van der Waals surface area contributed by atoms with E-state index in [1.54, 1.807) is 6.20 Å². The predicted octanol–water partition coefficient (Wildman–Crippen LogP) is 5.44. The molecule has 0 aliphatic heterocycles. The lowest BCUT2D eigenvalue weighted by Crippen LogP contribution is -2.35. The number of thiocarbonyl (C=S) groups is 1. The predicted molar refractivity (Wildman–Crippen MR) is 121 cm³/mol. The molecule has 3 aromatic rings. The van der Waals surface area contributed by atoms with Gasteiger partial charge in [0.05, 0.1) is 6.33 Å². The SMILES string of the molecule is Cc1ccc(NC(=S)N(CCCn2ccnc2)Cc2ccccc2C)cc1Cl. The Labute approximate surface area is 177 Å². The second kappa shape index (κ2) is 9.71. The molecule has 0 aliphatic carbocycles. The van der Waals surface area contributed by atoms with Gasteiger partial charge >= 0.3 is 0 Å². The molecule has 0 atom stereocenters. The standard InChI is InChI=1S/C22H25ClN4S/c1-17-6-3-4-7-19(17)15-27(12-5-11-26-13-10-24-16-26)22(28)25-20-9-8-18(2)21(23)14-20/h3-4,6-10,13-14,16H,5,11-12,15H2,1-2H3,(H,25,28). The summed E-state index contributed by atoms with van der Waals surface area (Å²) < 4.78 is 2.09. The lowest BCUT2D eigenvalue weighted by atomic mass is 10.1. The number of nitrogens with zero attached hydrogens (tertiary/aromatic N) is 3. The van der Waals surface area contributed by atoms with Crippen LogP contribution in [0.3, 0.4) is 0 Å². The summed E-state index contributed by atoms with van der Waals surface area (Å²) >= 11 is 12.0. The van der Waals surface area contributed by atoms with Crippen LogP contribution in [-0.2, 0) is 13.1 Å². The Hall–Kier alpha value is -2.37. The van der Waals surface area contributed by atoms with Crippen molar-refractivity contribution in [3.05, 3.63) is 82.9 Å². The third-order valence-corrected chi connectivity index (χ3v) is 5.50. The molecule has 0 saturated heterocycles. The minimum Gasteiger partial charge on any atom is -0.345 e. The average Bonchev–Trinajstić information content (AvgIpc) is 3.19. The molecule has 0 radical (unpaired) electrons. The molecule has 0 bridgehead atoms. The Morgan fingerprint density at radius 1 is 1.18 bits per heavy atom. The number of aryl methyl sites for hydroxylation is 3. The van der Waals surface area contributed by atoms with Gasteiger partial charge in [-0.15, -0.1) is 0 Å². The van der Waals surface area contributed by atoms with Crippen LogP contribution in [0.15, 0.2) is 61.2 Å². The Kier molecular flexibility index (Phi) is 7.06. The van der Waals surface area contributed by atoms with Crippen LogP contribution in [0.1, 0.15) is 23.1 Å². The van der Waals surface area contributed by atoms with Gasteiger partial charge in [-0.2, -0.15) is 0 Å². The molecule has 2 aromatic carbocycles. The number of hydrogen-bond acceptors (Lipinski definition) is 2. The molecule has 6 heteroatoms. The number of rotatable bonds is 7. The Bertz CT molecular complexity index is 924. The van der Waals surface area contributed by atoms with Crippen molar-refractivity contribution >= 4 is 34.6 Å². The Morgan fingerprint density at radius 3 is 2.71 bits per heavy atom. The monoisotopic (exact) mass is 412 g/mol. The molecule has 1 aromatic heterocycles. The smallest absolute Gasteiger partial charge is 0.173 e. The van der Waals surface area contributed by atoms with Crippen LogP contribution in [0.5, 0.6) is 0 Å². The molecule has 1 heterocycles. The second-order valence-corrected chi connectivity index (χ2v) is 7.69. The zero-order chi connectivity index (χ0) is 19.9. The molecule has 0 fully saturated rings. The van der Waals surface area contributed by atoms with E-state index in [1.807, 2.05) is 37.6 Å². The highest BCUT2D eigenvalue weighted by Crippen LogP contribution is 2.21. The van der Waals surface area contributed by atoms with Crippen LogP contribution in [0.2, 0.25) is 5.02 Å². The van der Waals surface area contributed by atoms with Crippen molar-refractivity contribution in [2.75, 3.05) is 11.9 Å². The average molecular weight is 413 g/mol. The third kappa shape index (κ3) is 5.57. The van der Waals surface area contributed by atoms with Gasteiger partial charge in [0.1, 0.15) is 0 Å². The lowest BCUT2D eigenvalue weighted by molar-refractivity contribution is 0.395. The first-order valence-electron chi connectivity index (χ1n) is 9.35. The Morgan fingerprint density at radius 2 is 2.00 bits per heavy atom. The van der Waals surface area contributed by atoms with Crippen LogP contribution >= 0.6 is 23.8 Å². The molecule has 0 unspecified atom stereocenters. The molecule has 146 valence electrons. The van der Waals surface area contributed by atoms with E-state index in [2.05, 4.69) is 51.0 Å². The van der Waals surface area contributed by atoms with Gasteiger partial charge in [-0.25, -0.2) is 4.98 Å². The number of hydrogen-bond donors (Lipinski definition) is 1. The fraction of sp³-hybridized carbons (Fsp3) is 0.273. The van der Waals surface area contributed by atoms with E-state index in [4.69, 9.17) is 23.8 Å². The summed E-state index contributed by atoms with van der Waals surface area (Å²) in [6.45, 7) is 6.64. The summed E-state index contributed by atoms with van der Waals surface area (Å²) in [5, 5.41) is 4.78. The van der Waals surface area contributed by atoms with E-state index in [0.717, 1.165) is 42.3 Å². The summed E-state index contributed by atoms with van der Waals surface area (Å²) in [4.78, 5) is 6.31. The van der Waals surface area contributed by atoms with Crippen molar-refractivity contribution in [1.29, 1.82) is 0 Å². The molecular weight excluding hydrogens is 388 g/mol. The quantitative estimate of drug-likeness (QED) is 0.523. The van der Waals surface area contributed by atoms with Crippen molar-refractivity contribution in [1.82, 2.24) is 14.5 Å². The number of aromatic nitrogens is 2. The minimum absolute atomic E-state index is 0.703. The van der Waals surface area contributed by atoms with Crippen LogP contribution in [0.4, 0.5) is 5.69 Å². The molecule has 0 amide bonds. The van der Waals surface area contributed by atoms with E-state index < -0.39 is 0 Å². The molecule has 4 nitrogen and oxygen atoms in total. The van der Waals surface area contributed by atoms with E-state index in [-0.39, 0.29) is 0 Å². The highest BCUT2D eigenvalue weighted by molar-refractivity contribution is 7.80. The zero-order valence-corrected chi connectivity index (χ0v) is 17.8. The molecule has 0 saturated carbocycles. The van der Waals surface area contributed by atoms with Crippen molar-refractivity contribution in [3.8, 4) is 0 Å². The van der Waals surface area contributed by atoms with Crippen molar-refractivity contribution in [2.45, 2.75) is 33.4 Å². The molecule has 3 rings (SSSR count). The summed E-state index contributed by atoms with van der Waals surface area (Å²) in [5.41, 5.74) is 4.50. The zero-order valence-electron chi connectivity index (χ0n) is 16.2.